The Morgan fingerprint density at radius 1 is 1.00 bits per heavy atom. The summed E-state index contributed by atoms with van der Waals surface area (Å²) in [5.74, 6) is 1.06. The first kappa shape index (κ1) is 21.0. The smallest absolute Gasteiger partial charge is 0.170 e. The highest BCUT2D eigenvalue weighted by Gasteiger charge is 2.41. The quantitative estimate of drug-likeness (QED) is 0.408. The summed E-state index contributed by atoms with van der Waals surface area (Å²) in [5, 5.41) is 13.9. The van der Waals surface area contributed by atoms with E-state index in [2.05, 4.69) is 38.0 Å². The molecule has 0 bridgehead atoms. The number of phenolic OH excluding ortho intramolecular Hbond substituents is 1. The molecule has 7 heteroatoms. The number of aromatic hydroxyl groups is 1. The van der Waals surface area contributed by atoms with Crippen LogP contribution in [0.15, 0.2) is 91.3 Å². The van der Waals surface area contributed by atoms with Gasteiger partial charge in [-0.25, -0.2) is 0 Å². The number of phenols is 1. The Labute approximate surface area is 198 Å². The second-order valence-electron chi connectivity index (χ2n) is 7.92. The average molecular weight is 457 g/mol. The zero-order valence-electron chi connectivity index (χ0n) is 18.1. The van der Waals surface area contributed by atoms with Gasteiger partial charge in [0.05, 0.1) is 24.9 Å². The second-order valence-corrected chi connectivity index (χ2v) is 8.31. The van der Waals surface area contributed by atoms with Crippen LogP contribution in [-0.2, 0) is 6.54 Å². The Kier molecular flexibility index (Phi) is 5.71. The lowest BCUT2D eigenvalue weighted by atomic mass is 10.0. The zero-order valence-corrected chi connectivity index (χ0v) is 18.9. The molecule has 0 saturated carbocycles. The lowest BCUT2D eigenvalue weighted by Gasteiger charge is -2.29. The molecule has 5 rings (SSSR count). The Bertz CT molecular complexity index is 1240. The molecule has 2 aromatic carbocycles. The minimum atomic E-state index is -0.109. The van der Waals surface area contributed by atoms with Gasteiger partial charge in [0.25, 0.3) is 0 Å². The van der Waals surface area contributed by atoms with Crippen molar-refractivity contribution in [2.75, 3.05) is 7.11 Å². The fourth-order valence-electron chi connectivity index (χ4n) is 4.31. The molecule has 0 amide bonds. The molecule has 3 heterocycles. The van der Waals surface area contributed by atoms with Gasteiger partial charge in [0, 0.05) is 30.3 Å². The third-order valence-electron chi connectivity index (χ3n) is 5.92. The first-order valence-electron chi connectivity index (χ1n) is 10.7. The van der Waals surface area contributed by atoms with E-state index in [1.54, 1.807) is 19.2 Å². The summed E-state index contributed by atoms with van der Waals surface area (Å²) in [5.41, 5.74) is 4.11. The lowest BCUT2D eigenvalue weighted by molar-refractivity contribution is 0.302. The van der Waals surface area contributed by atoms with Gasteiger partial charge in [0.2, 0.25) is 0 Å². The maximum atomic E-state index is 9.74. The minimum absolute atomic E-state index is 0.0849. The number of nitrogens with one attached hydrogen (secondary N) is 1. The Balaban J connectivity index is 1.57. The zero-order chi connectivity index (χ0) is 22.8. The van der Waals surface area contributed by atoms with Crippen LogP contribution in [0.1, 0.15) is 29.0 Å². The van der Waals surface area contributed by atoms with Crippen molar-refractivity contribution in [3.63, 3.8) is 0 Å². The van der Waals surface area contributed by atoms with E-state index in [0.717, 1.165) is 28.4 Å². The van der Waals surface area contributed by atoms with Crippen LogP contribution in [0.25, 0.3) is 5.69 Å². The highest BCUT2D eigenvalue weighted by Crippen LogP contribution is 2.40. The third kappa shape index (κ3) is 4.15. The van der Waals surface area contributed by atoms with Gasteiger partial charge in [-0.1, -0.05) is 18.2 Å². The highest BCUT2D eigenvalue weighted by atomic mass is 32.1. The number of thiocarbonyl (C=S) groups is 1. The Morgan fingerprint density at radius 2 is 1.79 bits per heavy atom. The SMILES string of the molecule is COc1ccc(CN2C(=S)N[C@@H](c3ccccn3)[C@@H]2c2cccn2-c2ccc(O)cc2)cc1. The summed E-state index contributed by atoms with van der Waals surface area (Å²) >= 11 is 5.81. The van der Waals surface area contributed by atoms with Crippen LogP contribution in [0.2, 0.25) is 0 Å². The third-order valence-corrected chi connectivity index (χ3v) is 6.27. The molecule has 6 nitrogen and oxygen atoms in total. The van der Waals surface area contributed by atoms with Gasteiger partial charge in [-0.05, 0) is 78.4 Å². The number of ether oxygens (including phenoxy) is 1. The molecule has 0 spiro atoms. The van der Waals surface area contributed by atoms with E-state index in [0.29, 0.717) is 11.7 Å². The molecule has 33 heavy (non-hydrogen) atoms. The number of pyridine rings is 1. The first-order chi connectivity index (χ1) is 16.1. The maximum absolute atomic E-state index is 9.74. The summed E-state index contributed by atoms with van der Waals surface area (Å²) in [6.45, 7) is 0.643. The van der Waals surface area contributed by atoms with Crippen molar-refractivity contribution in [3.05, 3.63) is 108 Å². The summed E-state index contributed by atoms with van der Waals surface area (Å²) in [6, 6.07) is 25.1. The maximum Gasteiger partial charge on any atom is 0.170 e. The van der Waals surface area contributed by atoms with Crippen molar-refractivity contribution < 1.29 is 9.84 Å². The van der Waals surface area contributed by atoms with E-state index in [4.69, 9.17) is 17.0 Å². The van der Waals surface area contributed by atoms with Crippen LogP contribution in [0.4, 0.5) is 0 Å². The molecule has 0 radical (unpaired) electrons. The van der Waals surface area contributed by atoms with Gasteiger partial charge in [-0.3, -0.25) is 4.98 Å². The molecule has 0 aliphatic carbocycles. The number of benzene rings is 2. The van der Waals surface area contributed by atoms with E-state index >= 15 is 0 Å². The molecule has 0 unspecified atom stereocenters. The fourth-order valence-corrected chi connectivity index (χ4v) is 4.61. The standard InChI is InChI=1S/C26H24N4O2S/c1-32-21-13-7-18(8-14-21)17-30-25(24(28-26(30)33)22-5-2-3-15-27-22)23-6-4-16-29(23)19-9-11-20(31)12-10-19/h2-16,24-25,31H,17H2,1H3,(H,28,33)/t24-,25-/m0/s1. The van der Waals surface area contributed by atoms with E-state index in [1.165, 1.54) is 0 Å². The summed E-state index contributed by atoms with van der Waals surface area (Å²) < 4.78 is 7.44. The molecular formula is C26H24N4O2S. The van der Waals surface area contributed by atoms with Gasteiger partial charge >= 0.3 is 0 Å². The summed E-state index contributed by atoms with van der Waals surface area (Å²) in [6.07, 6.45) is 3.84. The largest absolute Gasteiger partial charge is 0.508 e. The van der Waals surface area contributed by atoms with Crippen LogP contribution in [-0.4, -0.2) is 31.8 Å². The van der Waals surface area contributed by atoms with E-state index in [1.807, 2.05) is 60.9 Å². The molecule has 1 fully saturated rings. The van der Waals surface area contributed by atoms with Crippen LogP contribution in [0.3, 0.4) is 0 Å². The fraction of sp³-hybridized carbons (Fsp3) is 0.154. The monoisotopic (exact) mass is 456 g/mol. The van der Waals surface area contributed by atoms with Gasteiger partial charge in [-0.2, -0.15) is 0 Å². The first-order valence-corrected chi connectivity index (χ1v) is 11.1. The van der Waals surface area contributed by atoms with E-state index < -0.39 is 0 Å². The van der Waals surface area contributed by atoms with Crippen LogP contribution < -0.4 is 10.1 Å². The van der Waals surface area contributed by atoms with Crippen molar-refractivity contribution in [3.8, 4) is 17.2 Å². The van der Waals surface area contributed by atoms with Crippen molar-refractivity contribution in [2.45, 2.75) is 18.6 Å². The molecule has 4 aromatic rings. The Morgan fingerprint density at radius 3 is 2.48 bits per heavy atom. The van der Waals surface area contributed by atoms with Crippen LogP contribution in [0.5, 0.6) is 11.5 Å². The van der Waals surface area contributed by atoms with Crippen LogP contribution in [0, 0.1) is 0 Å². The van der Waals surface area contributed by atoms with Crippen molar-refractivity contribution in [1.82, 2.24) is 19.8 Å². The van der Waals surface area contributed by atoms with Crippen molar-refractivity contribution in [2.24, 2.45) is 0 Å². The predicted molar refractivity (Wildman–Crippen MR) is 131 cm³/mol. The number of rotatable bonds is 6. The normalized spacial score (nSPS) is 17.7. The van der Waals surface area contributed by atoms with Crippen LogP contribution >= 0.6 is 12.2 Å². The molecule has 166 valence electrons. The molecular weight excluding hydrogens is 432 g/mol. The molecule has 2 N–H and O–H groups in total. The van der Waals surface area contributed by atoms with E-state index in [-0.39, 0.29) is 17.8 Å². The average Bonchev–Trinajstić information content (AvgIpc) is 3.45. The molecule has 1 aliphatic rings. The van der Waals surface area contributed by atoms with Gasteiger partial charge in [0.1, 0.15) is 11.5 Å². The number of hydrogen-bond donors (Lipinski definition) is 2. The second kappa shape index (κ2) is 8.96. The molecule has 2 atom stereocenters. The summed E-state index contributed by atoms with van der Waals surface area (Å²) in [4.78, 5) is 6.84. The van der Waals surface area contributed by atoms with Crippen molar-refractivity contribution >= 4 is 17.3 Å². The number of nitrogens with zero attached hydrogens (tertiary/aromatic N) is 3. The number of methoxy groups -OCH3 is 1. The lowest BCUT2D eigenvalue weighted by Crippen LogP contribution is -2.30. The molecule has 2 aromatic heterocycles. The van der Waals surface area contributed by atoms with Gasteiger partial charge in [0.15, 0.2) is 5.11 Å². The number of hydrogen-bond acceptors (Lipinski definition) is 4. The number of aromatic nitrogens is 2. The molecule has 1 aliphatic heterocycles. The topological polar surface area (TPSA) is 62.5 Å². The summed E-state index contributed by atoms with van der Waals surface area (Å²) in [7, 11) is 1.67. The van der Waals surface area contributed by atoms with E-state index in [9.17, 15) is 5.11 Å². The minimum Gasteiger partial charge on any atom is -0.508 e. The highest BCUT2D eigenvalue weighted by molar-refractivity contribution is 7.80. The van der Waals surface area contributed by atoms with Crippen molar-refractivity contribution in [1.29, 1.82) is 0 Å². The van der Waals surface area contributed by atoms with Gasteiger partial charge in [-0.15, -0.1) is 0 Å². The Hall–Kier alpha value is -3.84. The van der Waals surface area contributed by atoms with Gasteiger partial charge < -0.3 is 24.6 Å². The predicted octanol–water partition coefficient (Wildman–Crippen LogP) is 4.76. The molecule has 1 saturated heterocycles.